The van der Waals surface area contributed by atoms with E-state index in [1.165, 1.54) is 16.6 Å². The molecule has 0 radical (unpaired) electrons. The van der Waals surface area contributed by atoms with Crippen LogP contribution in [0.4, 0.5) is 0 Å². The quantitative estimate of drug-likeness (QED) is 0.474. The summed E-state index contributed by atoms with van der Waals surface area (Å²) in [6, 6.07) is 5.18. The molecule has 134 valence electrons. The third-order valence-electron chi connectivity index (χ3n) is 3.10. The Morgan fingerprint density at radius 1 is 0.786 bits per heavy atom. The molecule has 2 rings (SSSR count). The number of thioether (sulfide) groups is 2. The Balaban J connectivity index is 1.89. The summed E-state index contributed by atoms with van der Waals surface area (Å²) in [4.78, 5) is 8.25. The third kappa shape index (κ3) is 6.63. The number of hydrogen-bond donors (Lipinski definition) is 0. The van der Waals surface area contributed by atoms with Crippen molar-refractivity contribution >= 4 is 35.2 Å². The molecular formula is C21H13N5S2. The van der Waals surface area contributed by atoms with Crippen LogP contribution in [0.5, 0.6) is 0 Å². The first-order chi connectivity index (χ1) is 13.8. The minimum atomic E-state index is -0.280. The highest BCUT2D eigenvalue weighted by Crippen LogP contribution is 2.37. The van der Waals surface area contributed by atoms with Crippen molar-refractivity contribution in [2.75, 3.05) is 0 Å². The number of hydrogen-bond acceptors (Lipinski definition) is 7. The van der Waals surface area contributed by atoms with E-state index in [0.717, 1.165) is 0 Å². The van der Waals surface area contributed by atoms with E-state index < -0.39 is 0 Å². The maximum absolute atomic E-state index is 9.09. The second-order valence-electron chi connectivity index (χ2n) is 4.92. The lowest BCUT2D eigenvalue weighted by Crippen LogP contribution is -1.93. The van der Waals surface area contributed by atoms with E-state index in [1.807, 2.05) is 48.6 Å². The Kier molecular flexibility index (Phi) is 8.84. The Bertz CT molecular complexity index is 1010. The average Bonchev–Trinajstić information content (AvgIpc) is 3.25. The van der Waals surface area contributed by atoms with Crippen LogP contribution >= 0.6 is 23.5 Å². The zero-order valence-electron chi connectivity index (χ0n) is 14.6. The molecule has 0 N–H and O–H groups in total. The van der Waals surface area contributed by atoms with E-state index in [4.69, 9.17) is 15.8 Å². The molecule has 0 unspecified atom stereocenters. The van der Waals surface area contributed by atoms with Crippen LogP contribution in [-0.4, -0.2) is 9.97 Å². The molecule has 1 aliphatic rings. The molecule has 0 atom stereocenters. The molecule has 2 heterocycles. The standard InChI is InChI=1S/C21H13N5S2/c22-12-17(13-23)19(14-24)20-16-25-18(15-26-20)8-6-4-2-1-3-5-7-9-21-27-10-11-28-21/h1-11,15-16H/b3-1+,4-2+,7-5+,8-6+. The van der Waals surface area contributed by atoms with Gasteiger partial charge in [0, 0.05) is 4.24 Å². The third-order valence-corrected chi connectivity index (χ3v) is 5.13. The van der Waals surface area contributed by atoms with Gasteiger partial charge < -0.3 is 0 Å². The molecule has 1 aliphatic heterocycles. The number of rotatable bonds is 6. The maximum atomic E-state index is 9.09. The molecule has 0 bridgehead atoms. The Morgan fingerprint density at radius 2 is 1.43 bits per heavy atom. The first-order valence-corrected chi connectivity index (χ1v) is 9.68. The van der Waals surface area contributed by atoms with Gasteiger partial charge in [0.15, 0.2) is 0 Å². The van der Waals surface area contributed by atoms with Crippen molar-refractivity contribution in [1.29, 1.82) is 15.8 Å². The number of nitrogens with zero attached hydrogens (tertiary/aromatic N) is 5. The molecule has 0 aromatic carbocycles. The summed E-state index contributed by atoms with van der Waals surface area (Å²) < 4.78 is 1.25. The summed E-state index contributed by atoms with van der Waals surface area (Å²) >= 11 is 3.42. The van der Waals surface area contributed by atoms with Crippen molar-refractivity contribution in [3.05, 3.63) is 93.0 Å². The second-order valence-corrected chi connectivity index (χ2v) is 7.07. The van der Waals surface area contributed by atoms with Crippen LogP contribution in [0.1, 0.15) is 11.4 Å². The topological polar surface area (TPSA) is 97.2 Å². The molecule has 0 saturated carbocycles. The van der Waals surface area contributed by atoms with Gasteiger partial charge in [-0.15, -0.1) is 0 Å². The number of aromatic nitrogens is 2. The summed E-state index contributed by atoms with van der Waals surface area (Å²) in [5.41, 5.74) is 0.431. The fraction of sp³-hybridized carbons (Fsp3) is 0. The van der Waals surface area contributed by atoms with Crippen LogP contribution in [0.3, 0.4) is 0 Å². The molecule has 28 heavy (non-hydrogen) atoms. The number of allylic oxidation sites excluding steroid dienone is 10. The average molecular weight is 400 g/mol. The molecule has 5 nitrogen and oxygen atoms in total. The van der Waals surface area contributed by atoms with Gasteiger partial charge in [-0.05, 0) is 23.0 Å². The van der Waals surface area contributed by atoms with Crippen LogP contribution in [0.15, 0.2) is 81.6 Å². The van der Waals surface area contributed by atoms with Crippen molar-refractivity contribution < 1.29 is 0 Å². The molecule has 1 aromatic heterocycles. The van der Waals surface area contributed by atoms with E-state index in [0.29, 0.717) is 5.69 Å². The van der Waals surface area contributed by atoms with Gasteiger partial charge in [-0.1, -0.05) is 66.1 Å². The van der Waals surface area contributed by atoms with Gasteiger partial charge >= 0.3 is 0 Å². The van der Waals surface area contributed by atoms with Gasteiger partial charge in [0.1, 0.15) is 35.0 Å². The Morgan fingerprint density at radius 3 is 2.00 bits per heavy atom. The fourth-order valence-electron chi connectivity index (χ4n) is 1.84. The molecular weight excluding hydrogens is 386 g/mol. The van der Waals surface area contributed by atoms with E-state index >= 15 is 0 Å². The SMILES string of the molecule is N#CC(C#N)=C(C#N)c1cnc(/C=C/C=C/C=C/C=C/C=C2SC=CS2)cn1. The lowest BCUT2D eigenvalue weighted by atomic mass is 10.1. The van der Waals surface area contributed by atoms with E-state index in [2.05, 4.69) is 26.9 Å². The van der Waals surface area contributed by atoms with Gasteiger partial charge in [0.25, 0.3) is 0 Å². The van der Waals surface area contributed by atoms with Gasteiger partial charge in [-0.25, -0.2) is 0 Å². The predicted molar refractivity (Wildman–Crippen MR) is 115 cm³/mol. The summed E-state index contributed by atoms with van der Waals surface area (Å²) in [7, 11) is 0. The first-order valence-electron chi connectivity index (χ1n) is 7.92. The zero-order chi connectivity index (χ0) is 20.0. The largest absolute Gasteiger partial charge is 0.253 e. The van der Waals surface area contributed by atoms with Crippen LogP contribution in [0.25, 0.3) is 11.6 Å². The van der Waals surface area contributed by atoms with Gasteiger partial charge in [0.2, 0.25) is 0 Å². The lowest BCUT2D eigenvalue weighted by molar-refractivity contribution is 1.15. The normalized spacial score (nSPS) is 13.2. The monoisotopic (exact) mass is 399 g/mol. The molecule has 0 spiro atoms. The van der Waals surface area contributed by atoms with E-state index in [1.54, 1.807) is 41.7 Å². The van der Waals surface area contributed by atoms with Crippen LogP contribution < -0.4 is 0 Å². The van der Waals surface area contributed by atoms with Gasteiger partial charge in [-0.2, -0.15) is 15.8 Å². The molecule has 1 aromatic rings. The highest BCUT2D eigenvalue weighted by atomic mass is 32.2. The second kappa shape index (κ2) is 11.9. The van der Waals surface area contributed by atoms with Crippen molar-refractivity contribution in [3.8, 4) is 18.2 Å². The summed E-state index contributed by atoms with van der Waals surface area (Å²) in [5, 5.41) is 30.9. The first kappa shape index (κ1) is 20.7. The van der Waals surface area contributed by atoms with Gasteiger partial charge in [-0.3, -0.25) is 9.97 Å². The molecule has 0 aliphatic carbocycles. The highest BCUT2D eigenvalue weighted by molar-refractivity contribution is 8.27. The molecule has 0 fully saturated rings. The smallest absolute Gasteiger partial charge is 0.149 e. The van der Waals surface area contributed by atoms with Crippen LogP contribution in [0, 0.1) is 34.0 Å². The zero-order valence-corrected chi connectivity index (χ0v) is 16.2. The number of nitriles is 3. The fourth-order valence-corrected chi connectivity index (χ4v) is 3.42. The summed E-state index contributed by atoms with van der Waals surface area (Å²) in [6.45, 7) is 0. The highest BCUT2D eigenvalue weighted by Gasteiger charge is 2.10. The van der Waals surface area contributed by atoms with Crippen molar-refractivity contribution in [3.63, 3.8) is 0 Å². The Hall–Kier alpha value is -3.57. The summed E-state index contributed by atoms with van der Waals surface area (Å²) in [6.07, 6.45) is 20.0. The van der Waals surface area contributed by atoms with E-state index in [9.17, 15) is 0 Å². The Labute approximate surface area is 172 Å². The van der Waals surface area contributed by atoms with Crippen molar-refractivity contribution in [1.82, 2.24) is 9.97 Å². The van der Waals surface area contributed by atoms with Crippen molar-refractivity contribution in [2.24, 2.45) is 0 Å². The van der Waals surface area contributed by atoms with Crippen molar-refractivity contribution in [2.45, 2.75) is 0 Å². The predicted octanol–water partition coefficient (Wildman–Crippen LogP) is 5.28. The molecule has 0 amide bonds. The van der Waals surface area contributed by atoms with Crippen LogP contribution in [-0.2, 0) is 0 Å². The molecule has 7 heteroatoms. The van der Waals surface area contributed by atoms with Gasteiger partial charge in [0.05, 0.1) is 18.1 Å². The minimum Gasteiger partial charge on any atom is -0.253 e. The minimum absolute atomic E-state index is 0.0804. The summed E-state index contributed by atoms with van der Waals surface area (Å²) in [5.74, 6) is 0. The molecule has 0 saturated heterocycles. The maximum Gasteiger partial charge on any atom is 0.149 e. The lowest BCUT2D eigenvalue weighted by Gasteiger charge is -1.98. The van der Waals surface area contributed by atoms with E-state index in [-0.39, 0.29) is 16.8 Å². The van der Waals surface area contributed by atoms with Crippen LogP contribution in [0.2, 0.25) is 0 Å².